The van der Waals surface area contributed by atoms with E-state index in [-0.39, 0.29) is 12.8 Å². The van der Waals surface area contributed by atoms with Gasteiger partial charge in [-0.3, -0.25) is 4.79 Å². The van der Waals surface area contributed by atoms with Gasteiger partial charge < -0.3 is 0 Å². The Hall–Kier alpha value is -1.58. The number of carbonyl (C=O) groups is 1. The maximum absolute atomic E-state index is 13.4. The van der Waals surface area contributed by atoms with Crippen LogP contribution in [0.1, 0.15) is 25.8 Å². The molecule has 0 radical (unpaired) electrons. The van der Waals surface area contributed by atoms with Crippen molar-refractivity contribution in [3.63, 3.8) is 0 Å². The summed E-state index contributed by atoms with van der Waals surface area (Å²) >= 11 is 0. The third-order valence-electron chi connectivity index (χ3n) is 3.17. The van der Waals surface area contributed by atoms with Crippen LogP contribution in [-0.2, 0) is 11.2 Å². The highest BCUT2D eigenvalue weighted by atomic mass is 19.4. The lowest BCUT2D eigenvalue weighted by Crippen LogP contribution is -2.46. The molecular weight excluding hydrogens is 253 g/mol. The van der Waals surface area contributed by atoms with Gasteiger partial charge in [-0.25, -0.2) is 0 Å². The minimum atomic E-state index is -4.59. The summed E-state index contributed by atoms with van der Waals surface area (Å²) in [5.74, 6) is -0.869. The van der Waals surface area contributed by atoms with Crippen LogP contribution in [-0.4, -0.2) is 12.0 Å². The summed E-state index contributed by atoms with van der Waals surface area (Å²) in [6, 6.07) is 8.25. The van der Waals surface area contributed by atoms with Crippen LogP contribution in [0, 0.1) is 5.41 Å². The highest BCUT2D eigenvalue weighted by Gasteiger charge is 2.57. The zero-order valence-corrected chi connectivity index (χ0v) is 11.1. The SMILES string of the molecule is C=C(C)CC(Cc1ccccc1)(C(C)=O)C(F)(F)F. The highest BCUT2D eigenvalue weighted by molar-refractivity contribution is 5.84. The van der Waals surface area contributed by atoms with Gasteiger partial charge in [0, 0.05) is 0 Å². The normalized spacial score (nSPS) is 14.8. The third-order valence-corrected chi connectivity index (χ3v) is 3.17. The van der Waals surface area contributed by atoms with Crippen LogP contribution in [0.4, 0.5) is 13.2 Å². The van der Waals surface area contributed by atoms with Gasteiger partial charge in [-0.15, -0.1) is 6.58 Å². The van der Waals surface area contributed by atoms with Gasteiger partial charge in [0.05, 0.1) is 0 Å². The Balaban J connectivity index is 3.24. The quantitative estimate of drug-likeness (QED) is 0.728. The molecule has 19 heavy (non-hydrogen) atoms. The molecule has 0 fully saturated rings. The summed E-state index contributed by atoms with van der Waals surface area (Å²) in [5.41, 5.74) is -1.53. The van der Waals surface area contributed by atoms with E-state index < -0.39 is 17.4 Å². The second-order valence-corrected chi connectivity index (χ2v) is 4.93. The van der Waals surface area contributed by atoms with Crippen molar-refractivity contribution in [2.24, 2.45) is 5.41 Å². The van der Waals surface area contributed by atoms with Crippen molar-refractivity contribution >= 4 is 5.78 Å². The molecule has 1 aromatic carbocycles. The molecule has 0 saturated heterocycles. The van der Waals surface area contributed by atoms with Crippen LogP contribution in [0.3, 0.4) is 0 Å². The zero-order chi connectivity index (χ0) is 14.7. The molecular formula is C15H17F3O. The van der Waals surface area contributed by atoms with Crippen LogP contribution in [0.5, 0.6) is 0 Å². The summed E-state index contributed by atoms with van der Waals surface area (Å²) in [6.07, 6.45) is -5.31. The number of rotatable bonds is 5. The van der Waals surface area contributed by atoms with Crippen LogP contribution in [0.25, 0.3) is 0 Å². The molecule has 0 spiro atoms. The minimum Gasteiger partial charge on any atom is -0.299 e. The molecule has 104 valence electrons. The Morgan fingerprint density at radius 2 is 1.68 bits per heavy atom. The fourth-order valence-electron chi connectivity index (χ4n) is 2.17. The third kappa shape index (κ3) is 3.46. The van der Waals surface area contributed by atoms with Crippen LogP contribution >= 0.6 is 0 Å². The van der Waals surface area contributed by atoms with Crippen LogP contribution < -0.4 is 0 Å². The Kier molecular flexibility index (Phi) is 4.56. The molecule has 0 saturated carbocycles. The van der Waals surface area contributed by atoms with E-state index in [0.29, 0.717) is 11.1 Å². The topological polar surface area (TPSA) is 17.1 Å². The molecule has 0 heterocycles. The Bertz CT molecular complexity index is 462. The molecule has 1 nitrogen and oxygen atoms in total. The first-order valence-corrected chi connectivity index (χ1v) is 5.95. The number of halogens is 3. The minimum absolute atomic E-state index is 0.348. The molecule has 1 atom stereocenters. The number of hydrogen-bond acceptors (Lipinski definition) is 1. The van der Waals surface area contributed by atoms with E-state index in [4.69, 9.17) is 0 Å². The first-order chi connectivity index (χ1) is 8.69. The lowest BCUT2D eigenvalue weighted by molar-refractivity contribution is -0.219. The predicted octanol–water partition coefficient (Wildman–Crippen LogP) is 4.33. The Morgan fingerprint density at radius 1 is 1.16 bits per heavy atom. The fraction of sp³-hybridized carbons (Fsp3) is 0.400. The van der Waals surface area contributed by atoms with Crippen molar-refractivity contribution in [1.29, 1.82) is 0 Å². The van der Waals surface area contributed by atoms with Crippen LogP contribution in [0.2, 0.25) is 0 Å². The fourth-order valence-corrected chi connectivity index (χ4v) is 2.17. The summed E-state index contributed by atoms with van der Waals surface area (Å²) in [5, 5.41) is 0. The molecule has 1 aromatic rings. The number of hydrogen-bond donors (Lipinski definition) is 0. The van der Waals surface area contributed by atoms with Gasteiger partial charge in [-0.05, 0) is 32.3 Å². The number of carbonyl (C=O) groups excluding carboxylic acids is 1. The molecule has 0 N–H and O–H groups in total. The van der Waals surface area contributed by atoms with Crippen molar-refractivity contribution < 1.29 is 18.0 Å². The zero-order valence-electron chi connectivity index (χ0n) is 11.1. The van der Waals surface area contributed by atoms with Gasteiger partial charge in [-0.2, -0.15) is 13.2 Å². The molecule has 0 aliphatic carbocycles. The number of alkyl halides is 3. The van der Waals surface area contributed by atoms with Gasteiger partial charge >= 0.3 is 6.18 Å². The molecule has 0 aromatic heterocycles. The van der Waals surface area contributed by atoms with Gasteiger partial charge in [0.15, 0.2) is 0 Å². The number of allylic oxidation sites excluding steroid dienone is 1. The van der Waals surface area contributed by atoms with E-state index in [9.17, 15) is 18.0 Å². The first-order valence-electron chi connectivity index (χ1n) is 5.95. The smallest absolute Gasteiger partial charge is 0.299 e. The number of Topliss-reactive ketones (excluding diaryl/α,β-unsaturated/α-hetero) is 1. The van der Waals surface area contributed by atoms with Crippen molar-refractivity contribution in [2.45, 2.75) is 32.9 Å². The maximum atomic E-state index is 13.4. The summed E-state index contributed by atoms with van der Waals surface area (Å²) in [7, 11) is 0. The van der Waals surface area contributed by atoms with Gasteiger partial charge in [0.2, 0.25) is 0 Å². The largest absolute Gasteiger partial charge is 0.401 e. The van der Waals surface area contributed by atoms with Gasteiger partial charge in [0.25, 0.3) is 0 Å². The highest BCUT2D eigenvalue weighted by Crippen LogP contribution is 2.46. The second kappa shape index (κ2) is 5.59. The van der Waals surface area contributed by atoms with Crippen LogP contribution in [0.15, 0.2) is 42.5 Å². The standard InChI is InChI=1S/C15H17F3O/c1-11(2)9-14(12(3)19,15(16,17)18)10-13-7-5-4-6-8-13/h4-8H,1,9-10H2,2-3H3. The van der Waals surface area contributed by atoms with Gasteiger partial charge in [-0.1, -0.05) is 35.9 Å². The van der Waals surface area contributed by atoms with Crippen molar-refractivity contribution in [3.8, 4) is 0 Å². The van der Waals surface area contributed by atoms with E-state index in [1.807, 2.05) is 0 Å². The Morgan fingerprint density at radius 3 is 2.05 bits per heavy atom. The van der Waals surface area contributed by atoms with Crippen molar-refractivity contribution in [3.05, 3.63) is 48.0 Å². The molecule has 0 aliphatic rings. The maximum Gasteiger partial charge on any atom is 0.401 e. The average molecular weight is 270 g/mol. The second-order valence-electron chi connectivity index (χ2n) is 4.93. The monoisotopic (exact) mass is 270 g/mol. The molecule has 0 amide bonds. The van der Waals surface area contributed by atoms with Crippen molar-refractivity contribution in [1.82, 2.24) is 0 Å². The number of benzene rings is 1. The lowest BCUT2D eigenvalue weighted by atomic mass is 9.73. The molecule has 4 heteroatoms. The lowest BCUT2D eigenvalue weighted by Gasteiger charge is -2.34. The predicted molar refractivity (Wildman–Crippen MR) is 68.7 cm³/mol. The summed E-state index contributed by atoms with van der Waals surface area (Å²) in [6.45, 7) is 6.03. The first kappa shape index (κ1) is 15.5. The van der Waals surface area contributed by atoms with E-state index in [0.717, 1.165) is 6.92 Å². The van der Waals surface area contributed by atoms with Gasteiger partial charge in [0.1, 0.15) is 11.2 Å². The molecule has 0 aliphatic heterocycles. The summed E-state index contributed by atoms with van der Waals surface area (Å²) in [4.78, 5) is 11.7. The van der Waals surface area contributed by atoms with Crippen molar-refractivity contribution in [2.75, 3.05) is 0 Å². The van der Waals surface area contributed by atoms with E-state index in [2.05, 4.69) is 6.58 Å². The van der Waals surface area contributed by atoms with E-state index in [1.165, 1.54) is 6.92 Å². The molecule has 1 unspecified atom stereocenters. The average Bonchev–Trinajstić information content (AvgIpc) is 2.27. The molecule has 1 rings (SSSR count). The van der Waals surface area contributed by atoms with E-state index >= 15 is 0 Å². The van der Waals surface area contributed by atoms with E-state index in [1.54, 1.807) is 30.3 Å². The number of ketones is 1. The Labute approximate surface area is 111 Å². The summed E-state index contributed by atoms with van der Waals surface area (Å²) < 4.78 is 40.2. The molecule has 0 bridgehead atoms.